The fraction of sp³-hybridized carbons (Fsp3) is 0.455. The summed E-state index contributed by atoms with van der Waals surface area (Å²) in [6.45, 7) is 14.1. The van der Waals surface area contributed by atoms with Crippen LogP contribution in [0.25, 0.3) is 11.3 Å². The summed E-state index contributed by atoms with van der Waals surface area (Å²) < 4.78 is 25.1. The smallest absolute Gasteiger partial charge is 0.337 e. The number of benzene rings is 1. The predicted octanol–water partition coefficient (Wildman–Crippen LogP) is 6.52. The van der Waals surface area contributed by atoms with E-state index in [9.17, 15) is 19.6 Å². The Balaban J connectivity index is 1.60. The minimum atomic E-state index is -1.19. The highest BCUT2D eigenvalue weighted by atomic mass is 19.1. The van der Waals surface area contributed by atoms with Crippen LogP contribution in [0, 0.1) is 29.5 Å². The second kappa shape index (κ2) is 13.0. The van der Waals surface area contributed by atoms with E-state index in [0.717, 1.165) is 48.9 Å². The van der Waals surface area contributed by atoms with Crippen molar-refractivity contribution < 1.29 is 23.8 Å². The molecule has 0 radical (unpaired) electrons. The van der Waals surface area contributed by atoms with E-state index in [1.807, 2.05) is 45.9 Å². The van der Waals surface area contributed by atoms with E-state index in [1.165, 1.54) is 12.1 Å². The predicted molar refractivity (Wildman–Crippen MR) is 164 cm³/mol. The molecule has 1 aliphatic heterocycles. The standard InChI is InChI=1S/C33H40FN5O4/c1-21-28(30(31(40)41)43-32(2,3)4)29(39-14-11-33(5,6)12-15-39)25(20-37-21)26-9-8-24(19-38-26)36-13-16-42-27-10-7-23(34)17-22(27)18-35/h7-10,17,19-20,30,36H,11-16H2,1-6H3,(H,40,41)/t30-/m0/s1. The molecule has 4 rings (SSSR count). The third-order valence-electron chi connectivity index (χ3n) is 7.47. The number of aromatic nitrogens is 2. The van der Waals surface area contributed by atoms with Crippen LogP contribution in [0.1, 0.15) is 70.4 Å². The highest BCUT2D eigenvalue weighted by Crippen LogP contribution is 2.43. The molecule has 1 fully saturated rings. The molecule has 3 heterocycles. The first-order valence-electron chi connectivity index (χ1n) is 14.5. The molecule has 0 amide bonds. The minimum absolute atomic E-state index is 0.142. The summed E-state index contributed by atoms with van der Waals surface area (Å²) in [7, 11) is 0. The van der Waals surface area contributed by atoms with Crippen LogP contribution in [-0.2, 0) is 9.53 Å². The Morgan fingerprint density at radius 2 is 1.91 bits per heavy atom. The number of rotatable bonds is 10. The van der Waals surface area contributed by atoms with Crippen LogP contribution < -0.4 is 15.0 Å². The molecule has 0 saturated carbocycles. The van der Waals surface area contributed by atoms with Gasteiger partial charge in [-0.25, -0.2) is 9.18 Å². The third kappa shape index (κ3) is 7.99. The number of nitrogens with one attached hydrogen (secondary N) is 1. The molecule has 2 aromatic heterocycles. The Labute approximate surface area is 252 Å². The van der Waals surface area contributed by atoms with Crippen LogP contribution in [0.15, 0.2) is 42.7 Å². The highest BCUT2D eigenvalue weighted by Gasteiger charge is 2.36. The normalized spacial score (nSPS) is 15.4. The molecular formula is C33H40FN5O4. The molecule has 3 aromatic rings. The number of aliphatic carboxylic acids is 1. The summed E-state index contributed by atoms with van der Waals surface area (Å²) in [4.78, 5) is 24.2. The number of nitriles is 1. The van der Waals surface area contributed by atoms with E-state index in [-0.39, 0.29) is 17.6 Å². The maximum Gasteiger partial charge on any atom is 0.337 e. The van der Waals surface area contributed by atoms with Gasteiger partial charge in [0.2, 0.25) is 0 Å². The number of carbonyl (C=O) groups is 1. The van der Waals surface area contributed by atoms with Gasteiger partial charge >= 0.3 is 5.97 Å². The summed E-state index contributed by atoms with van der Waals surface area (Å²) in [6, 6.07) is 9.55. The van der Waals surface area contributed by atoms with Crippen molar-refractivity contribution >= 4 is 17.3 Å². The number of pyridine rings is 2. The molecule has 0 bridgehead atoms. The molecule has 1 saturated heterocycles. The Bertz CT molecular complexity index is 1480. The van der Waals surface area contributed by atoms with Gasteiger partial charge in [-0.3, -0.25) is 9.97 Å². The fourth-order valence-electron chi connectivity index (χ4n) is 5.10. The van der Waals surface area contributed by atoms with Gasteiger partial charge in [0.15, 0.2) is 6.10 Å². The monoisotopic (exact) mass is 589 g/mol. The zero-order valence-corrected chi connectivity index (χ0v) is 25.7. The Hall–Kier alpha value is -4.23. The van der Waals surface area contributed by atoms with Gasteiger partial charge in [0, 0.05) is 42.7 Å². The minimum Gasteiger partial charge on any atom is -0.490 e. The van der Waals surface area contributed by atoms with Gasteiger partial charge in [-0.2, -0.15) is 5.26 Å². The maximum atomic E-state index is 13.4. The number of hydrogen-bond donors (Lipinski definition) is 2. The quantitative estimate of drug-likeness (QED) is 0.255. The van der Waals surface area contributed by atoms with E-state index in [1.54, 1.807) is 12.4 Å². The fourth-order valence-corrected chi connectivity index (χ4v) is 5.10. The van der Waals surface area contributed by atoms with Gasteiger partial charge in [0.25, 0.3) is 0 Å². The van der Waals surface area contributed by atoms with Gasteiger partial charge in [-0.05, 0) is 76.3 Å². The average Bonchev–Trinajstić information content (AvgIpc) is 2.94. The van der Waals surface area contributed by atoms with Crippen molar-refractivity contribution in [3.05, 3.63) is 65.4 Å². The molecule has 228 valence electrons. The molecule has 1 aliphatic rings. The van der Waals surface area contributed by atoms with E-state index in [2.05, 4.69) is 29.0 Å². The first-order chi connectivity index (χ1) is 20.3. The van der Waals surface area contributed by atoms with Crippen molar-refractivity contribution in [3.63, 3.8) is 0 Å². The van der Waals surface area contributed by atoms with Crippen molar-refractivity contribution in [2.45, 2.75) is 66.1 Å². The Morgan fingerprint density at radius 1 is 1.19 bits per heavy atom. The van der Waals surface area contributed by atoms with Crippen LogP contribution in [0.4, 0.5) is 15.8 Å². The molecule has 10 heteroatoms. The maximum absolute atomic E-state index is 13.4. The van der Waals surface area contributed by atoms with E-state index >= 15 is 0 Å². The first kappa shape index (κ1) is 31.7. The molecule has 9 nitrogen and oxygen atoms in total. The SMILES string of the molecule is Cc1ncc(-c2ccc(NCCOc3ccc(F)cc3C#N)cn2)c(N2CCC(C)(C)CC2)c1[C@H](OC(C)(C)C)C(=O)O. The summed E-state index contributed by atoms with van der Waals surface area (Å²) in [5, 5.41) is 22.7. The van der Waals surface area contributed by atoms with E-state index in [4.69, 9.17) is 14.5 Å². The summed E-state index contributed by atoms with van der Waals surface area (Å²) >= 11 is 0. The van der Waals surface area contributed by atoms with E-state index < -0.39 is 23.5 Å². The molecule has 43 heavy (non-hydrogen) atoms. The first-order valence-corrected chi connectivity index (χ1v) is 14.5. The van der Waals surface area contributed by atoms with Gasteiger partial charge in [0.05, 0.1) is 34.4 Å². The third-order valence-corrected chi connectivity index (χ3v) is 7.47. The number of nitrogens with zero attached hydrogens (tertiary/aromatic N) is 4. The van der Waals surface area contributed by atoms with Gasteiger partial charge in [0.1, 0.15) is 24.2 Å². The Morgan fingerprint density at radius 3 is 2.51 bits per heavy atom. The zero-order chi connectivity index (χ0) is 31.4. The van der Waals surface area contributed by atoms with E-state index in [0.29, 0.717) is 29.2 Å². The number of carboxylic acids is 1. The molecule has 1 atom stereocenters. The van der Waals surface area contributed by atoms with Crippen LogP contribution in [0.3, 0.4) is 0 Å². The molecule has 0 aliphatic carbocycles. The second-order valence-corrected chi connectivity index (χ2v) is 12.6. The van der Waals surface area contributed by atoms with Crippen LogP contribution in [0.5, 0.6) is 5.75 Å². The van der Waals surface area contributed by atoms with Crippen molar-refractivity contribution in [2.75, 3.05) is 36.5 Å². The van der Waals surface area contributed by atoms with Crippen LogP contribution >= 0.6 is 0 Å². The number of ether oxygens (including phenoxy) is 2. The molecular weight excluding hydrogens is 549 g/mol. The lowest BCUT2D eigenvalue weighted by atomic mass is 9.82. The van der Waals surface area contributed by atoms with Crippen LogP contribution in [-0.4, -0.2) is 52.9 Å². The number of hydrogen-bond acceptors (Lipinski definition) is 8. The van der Waals surface area contributed by atoms with Gasteiger partial charge in [-0.1, -0.05) is 13.8 Å². The average molecular weight is 590 g/mol. The number of piperidine rings is 1. The van der Waals surface area contributed by atoms with Gasteiger partial charge < -0.3 is 24.8 Å². The summed E-state index contributed by atoms with van der Waals surface area (Å²) in [6.07, 6.45) is 4.22. The molecule has 1 aromatic carbocycles. The van der Waals surface area contributed by atoms with Crippen molar-refractivity contribution in [1.29, 1.82) is 5.26 Å². The number of anilines is 2. The number of carboxylic acid groups (broad SMARTS) is 1. The molecule has 0 unspecified atom stereocenters. The number of aryl methyl sites for hydroxylation is 1. The second-order valence-electron chi connectivity index (χ2n) is 12.6. The highest BCUT2D eigenvalue weighted by molar-refractivity contribution is 5.85. The lowest BCUT2D eigenvalue weighted by Crippen LogP contribution is -2.39. The van der Waals surface area contributed by atoms with Crippen molar-refractivity contribution in [1.82, 2.24) is 9.97 Å². The summed E-state index contributed by atoms with van der Waals surface area (Å²) in [5.74, 6) is -1.23. The van der Waals surface area contributed by atoms with Crippen molar-refractivity contribution in [3.8, 4) is 23.1 Å². The van der Waals surface area contributed by atoms with Crippen molar-refractivity contribution in [2.24, 2.45) is 5.41 Å². The summed E-state index contributed by atoms with van der Waals surface area (Å²) in [5.41, 5.74) is 3.80. The molecule has 2 N–H and O–H groups in total. The Kier molecular flexibility index (Phi) is 9.55. The largest absolute Gasteiger partial charge is 0.490 e. The van der Waals surface area contributed by atoms with Gasteiger partial charge in [-0.15, -0.1) is 0 Å². The zero-order valence-electron chi connectivity index (χ0n) is 25.7. The topological polar surface area (TPSA) is 121 Å². The van der Waals surface area contributed by atoms with Crippen LogP contribution in [0.2, 0.25) is 0 Å². The lowest BCUT2D eigenvalue weighted by molar-refractivity contribution is -0.160. The lowest BCUT2D eigenvalue weighted by Gasteiger charge is -2.40. The molecule has 0 spiro atoms. The number of halogens is 1.